The molecule has 2 aliphatic heterocycles. The van der Waals surface area contributed by atoms with Crippen LogP contribution in [-0.2, 0) is 4.74 Å². The molecule has 3 nitrogen and oxygen atoms in total. The SMILES string of the molecule is CC1(NC2=NCCC2)CCOCC1. The van der Waals surface area contributed by atoms with Gasteiger partial charge < -0.3 is 10.1 Å². The van der Waals surface area contributed by atoms with E-state index in [1.54, 1.807) is 0 Å². The summed E-state index contributed by atoms with van der Waals surface area (Å²) in [6.07, 6.45) is 4.56. The molecule has 1 saturated heterocycles. The van der Waals surface area contributed by atoms with Crippen molar-refractivity contribution in [2.45, 2.75) is 38.1 Å². The van der Waals surface area contributed by atoms with E-state index in [4.69, 9.17) is 4.74 Å². The Kier molecular flexibility index (Phi) is 2.54. The number of aliphatic imine (C=N–C) groups is 1. The summed E-state index contributed by atoms with van der Waals surface area (Å²) < 4.78 is 5.35. The number of hydrogen-bond acceptors (Lipinski definition) is 3. The fraction of sp³-hybridized carbons (Fsp3) is 0.900. The molecule has 2 rings (SSSR count). The minimum Gasteiger partial charge on any atom is -0.381 e. The Bertz CT molecular complexity index is 207. The Morgan fingerprint density at radius 3 is 2.77 bits per heavy atom. The van der Waals surface area contributed by atoms with Crippen molar-refractivity contribution in [3.63, 3.8) is 0 Å². The molecule has 13 heavy (non-hydrogen) atoms. The van der Waals surface area contributed by atoms with Crippen molar-refractivity contribution in [3.8, 4) is 0 Å². The van der Waals surface area contributed by atoms with E-state index in [1.807, 2.05) is 0 Å². The van der Waals surface area contributed by atoms with Gasteiger partial charge in [-0.15, -0.1) is 0 Å². The molecule has 0 bridgehead atoms. The first-order valence-electron chi connectivity index (χ1n) is 5.18. The molecule has 0 aromatic carbocycles. The molecule has 1 N–H and O–H groups in total. The topological polar surface area (TPSA) is 33.6 Å². The highest BCUT2D eigenvalue weighted by Gasteiger charge is 2.28. The Labute approximate surface area is 79.6 Å². The van der Waals surface area contributed by atoms with Crippen LogP contribution in [0.2, 0.25) is 0 Å². The van der Waals surface area contributed by atoms with Gasteiger partial charge in [-0.3, -0.25) is 4.99 Å². The van der Waals surface area contributed by atoms with Gasteiger partial charge in [-0.2, -0.15) is 0 Å². The molecule has 0 atom stereocenters. The maximum Gasteiger partial charge on any atom is 0.0967 e. The molecule has 2 aliphatic rings. The van der Waals surface area contributed by atoms with Gasteiger partial charge in [-0.1, -0.05) is 0 Å². The number of rotatable bonds is 1. The summed E-state index contributed by atoms with van der Waals surface area (Å²) in [6, 6.07) is 0. The predicted molar refractivity (Wildman–Crippen MR) is 53.1 cm³/mol. The number of nitrogens with zero attached hydrogens (tertiary/aromatic N) is 1. The largest absolute Gasteiger partial charge is 0.381 e. The van der Waals surface area contributed by atoms with Gasteiger partial charge in [-0.05, 0) is 26.2 Å². The maximum atomic E-state index is 5.35. The lowest BCUT2D eigenvalue weighted by atomic mass is 9.92. The Morgan fingerprint density at radius 2 is 2.15 bits per heavy atom. The van der Waals surface area contributed by atoms with Crippen LogP contribution in [0, 0.1) is 0 Å². The quantitative estimate of drug-likeness (QED) is 0.664. The Morgan fingerprint density at radius 1 is 1.38 bits per heavy atom. The van der Waals surface area contributed by atoms with Gasteiger partial charge in [0.1, 0.15) is 0 Å². The Balaban J connectivity index is 1.90. The van der Waals surface area contributed by atoms with Crippen molar-refractivity contribution in [2.75, 3.05) is 19.8 Å². The van der Waals surface area contributed by atoms with Crippen LogP contribution >= 0.6 is 0 Å². The summed E-state index contributed by atoms with van der Waals surface area (Å²) in [7, 11) is 0. The summed E-state index contributed by atoms with van der Waals surface area (Å²) in [5.74, 6) is 1.21. The molecular weight excluding hydrogens is 164 g/mol. The van der Waals surface area contributed by atoms with Gasteiger partial charge in [0.05, 0.1) is 5.84 Å². The molecular formula is C10H18N2O. The van der Waals surface area contributed by atoms with Crippen molar-refractivity contribution in [2.24, 2.45) is 4.99 Å². The fourth-order valence-corrected chi connectivity index (χ4v) is 1.94. The first-order chi connectivity index (χ1) is 6.29. The first kappa shape index (κ1) is 9.00. The van der Waals surface area contributed by atoms with Crippen molar-refractivity contribution in [1.82, 2.24) is 5.32 Å². The summed E-state index contributed by atoms with van der Waals surface area (Å²) in [5.41, 5.74) is 0.238. The van der Waals surface area contributed by atoms with Gasteiger partial charge in [0.25, 0.3) is 0 Å². The number of ether oxygens (including phenoxy) is 1. The Hall–Kier alpha value is -0.570. The summed E-state index contributed by atoms with van der Waals surface area (Å²) in [4.78, 5) is 4.44. The summed E-state index contributed by atoms with van der Waals surface area (Å²) in [6.45, 7) is 5.05. The summed E-state index contributed by atoms with van der Waals surface area (Å²) in [5, 5.41) is 3.56. The monoisotopic (exact) mass is 182 g/mol. The standard InChI is InChI=1S/C10H18N2O/c1-10(4-7-13-8-5-10)12-9-3-2-6-11-9/h2-8H2,1H3,(H,11,12). The second-order valence-electron chi connectivity index (χ2n) is 4.23. The van der Waals surface area contributed by atoms with Gasteiger partial charge in [0.2, 0.25) is 0 Å². The van der Waals surface area contributed by atoms with Gasteiger partial charge in [0, 0.05) is 31.7 Å². The van der Waals surface area contributed by atoms with Gasteiger partial charge in [-0.25, -0.2) is 0 Å². The average molecular weight is 182 g/mol. The van der Waals surface area contributed by atoms with E-state index in [-0.39, 0.29) is 5.54 Å². The lowest BCUT2D eigenvalue weighted by molar-refractivity contribution is 0.0523. The zero-order chi connectivity index (χ0) is 9.15. The molecule has 1 fully saturated rings. The van der Waals surface area contributed by atoms with E-state index >= 15 is 0 Å². The van der Waals surface area contributed by atoms with Crippen LogP contribution in [0.15, 0.2) is 4.99 Å². The minimum absolute atomic E-state index is 0.238. The third-order valence-electron chi connectivity index (χ3n) is 2.92. The summed E-state index contributed by atoms with van der Waals surface area (Å²) >= 11 is 0. The molecule has 0 spiro atoms. The van der Waals surface area contributed by atoms with E-state index in [2.05, 4.69) is 17.2 Å². The maximum absolute atomic E-state index is 5.35. The van der Waals surface area contributed by atoms with Crippen molar-refractivity contribution in [1.29, 1.82) is 0 Å². The van der Waals surface area contributed by atoms with Crippen LogP contribution in [0.4, 0.5) is 0 Å². The molecule has 74 valence electrons. The van der Waals surface area contributed by atoms with Gasteiger partial charge >= 0.3 is 0 Å². The highest BCUT2D eigenvalue weighted by atomic mass is 16.5. The zero-order valence-corrected chi connectivity index (χ0v) is 8.31. The predicted octanol–water partition coefficient (Wildman–Crippen LogP) is 1.34. The zero-order valence-electron chi connectivity index (χ0n) is 8.31. The third kappa shape index (κ3) is 2.21. The number of amidine groups is 1. The van der Waals surface area contributed by atoms with Crippen LogP contribution in [0.5, 0.6) is 0 Å². The molecule has 0 amide bonds. The molecule has 0 radical (unpaired) electrons. The van der Waals surface area contributed by atoms with Crippen LogP contribution in [-0.4, -0.2) is 31.1 Å². The van der Waals surface area contributed by atoms with Crippen LogP contribution in [0.3, 0.4) is 0 Å². The van der Waals surface area contributed by atoms with Crippen LogP contribution < -0.4 is 5.32 Å². The van der Waals surface area contributed by atoms with E-state index < -0.39 is 0 Å². The highest BCUT2D eigenvalue weighted by molar-refractivity contribution is 5.84. The molecule has 0 unspecified atom stereocenters. The molecule has 3 heteroatoms. The molecule has 0 saturated carbocycles. The molecule has 0 aromatic rings. The first-order valence-corrected chi connectivity index (χ1v) is 5.18. The third-order valence-corrected chi connectivity index (χ3v) is 2.92. The number of hydrogen-bond donors (Lipinski definition) is 1. The normalized spacial score (nSPS) is 27.0. The van der Waals surface area contributed by atoms with Crippen molar-refractivity contribution < 1.29 is 4.74 Å². The lowest BCUT2D eigenvalue weighted by Crippen LogP contribution is -2.49. The highest BCUT2D eigenvalue weighted by Crippen LogP contribution is 2.20. The second-order valence-corrected chi connectivity index (χ2v) is 4.23. The van der Waals surface area contributed by atoms with Crippen molar-refractivity contribution in [3.05, 3.63) is 0 Å². The van der Waals surface area contributed by atoms with Gasteiger partial charge in [0.15, 0.2) is 0 Å². The lowest BCUT2D eigenvalue weighted by Gasteiger charge is -2.35. The van der Waals surface area contributed by atoms with E-state index in [1.165, 1.54) is 12.3 Å². The van der Waals surface area contributed by atoms with Crippen molar-refractivity contribution >= 4 is 5.84 Å². The van der Waals surface area contributed by atoms with Crippen LogP contribution in [0.25, 0.3) is 0 Å². The molecule has 0 aliphatic carbocycles. The van der Waals surface area contributed by atoms with E-state index in [9.17, 15) is 0 Å². The smallest absolute Gasteiger partial charge is 0.0967 e. The minimum atomic E-state index is 0.238. The fourth-order valence-electron chi connectivity index (χ4n) is 1.94. The van der Waals surface area contributed by atoms with E-state index in [0.717, 1.165) is 39.0 Å². The van der Waals surface area contributed by atoms with Crippen LogP contribution in [0.1, 0.15) is 32.6 Å². The molecule has 2 heterocycles. The average Bonchev–Trinajstić information content (AvgIpc) is 2.57. The molecule has 0 aromatic heterocycles. The van der Waals surface area contributed by atoms with E-state index in [0.29, 0.717) is 0 Å². The number of nitrogens with one attached hydrogen (secondary N) is 1. The second kappa shape index (κ2) is 3.66.